The number of rotatable bonds is 6. The zero-order valence-corrected chi connectivity index (χ0v) is 13.2. The van der Waals surface area contributed by atoms with E-state index >= 15 is 0 Å². The summed E-state index contributed by atoms with van der Waals surface area (Å²) in [6, 6.07) is 6.97. The molecule has 1 N–H and O–H groups in total. The van der Waals surface area contributed by atoms with E-state index in [0.717, 1.165) is 19.1 Å². The maximum atomic E-state index is 11.8. The maximum Gasteiger partial charge on any atom is 0.224 e. The van der Waals surface area contributed by atoms with Crippen molar-refractivity contribution in [3.8, 4) is 0 Å². The summed E-state index contributed by atoms with van der Waals surface area (Å²) in [6.07, 6.45) is 4.54. The molecule has 0 atom stereocenters. The topological polar surface area (TPSA) is 76.1 Å². The Labute approximate surface area is 128 Å². The molecular weight excluding hydrogens is 308 g/mol. The molecule has 2 aromatic rings. The SMILES string of the molecule is CS(=O)(=O)c1ccc(NC(=O)CCCc2cccs2)cn1. The highest BCUT2D eigenvalue weighted by Gasteiger charge is 2.09. The molecule has 0 saturated carbocycles. The first-order valence-electron chi connectivity index (χ1n) is 6.43. The van der Waals surface area contributed by atoms with E-state index in [1.807, 2.05) is 11.4 Å². The zero-order chi connectivity index (χ0) is 15.3. The molecule has 0 aliphatic heterocycles. The highest BCUT2D eigenvalue weighted by atomic mass is 32.2. The Bertz CT molecular complexity index is 692. The smallest absolute Gasteiger partial charge is 0.224 e. The van der Waals surface area contributed by atoms with Gasteiger partial charge in [-0.2, -0.15) is 0 Å². The Hall–Kier alpha value is -1.73. The van der Waals surface area contributed by atoms with E-state index < -0.39 is 9.84 Å². The van der Waals surface area contributed by atoms with E-state index in [-0.39, 0.29) is 10.9 Å². The molecule has 7 heteroatoms. The number of hydrogen-bond acceptors (Lipinski definition) is 5. The average molecular weight is 324 g/mol. The van der Waals surface area contributed by atoms with Crippen LogP contribution in [0.25, 0.3) is 0 Å². The molecule has 0 spiro atoms. The van der Waals surface area contributed by atoms with Crippen molar-refractivity contribution >= 4 is 32.8 Å². The molecule has 2 heterocycles. The molecule has 2 rings (SSSR count). The molecule has 0 aliphatic rings. The van der Waals surface area contributed by atoms with Crippen molar-refractivity contribution in [3.05, 3.63) is 40.7 Å². The predicted molar refractivity (Wildman–Crippen MR) is 83.2 cm³/mol. The van der Waals surface area contributed by atoms with Crippen molar-refractivity contribution in [3.63, 3.8) is 0 Å². The second-order valence-electron chi connectivity index (χ2n) is 4.64. The fourth-order valence-corrected chi connectivity index (χ4v) is 3.09. The summed E-state index contributed by atoms with van der Waals surface area (Å²) < 4.78 is 22.5. The van der Waals surface area contributed by atoms with Gasteiger partial charge in [-0.05, 0) is 36.4 Å². The number of pyridine rings is 1. The Morgan fingerprint density at radius 2 is 2.14 bits per heavy atom. The second kappa shape index (κ2) is 6.82. The van der Waals surface area contributed by atoms with Crippen LogP contribution in [0.4, 0.5) is 5.69 Å². The lowest BCUT2D eigenvalue weighted by Gasteiger charge is -2.05. The summed E-state index contributed by atoms with van der Waals surface area (Å²) in [6.45, 7) is 0. The van der Waals surface area contributed by atoms with Crippen molar-refractivity contribution in [2.75, 3.05) is 11.6 Å². The summed E-state index contributed by atoms with van der Waals surface area (Å²) in [5, 5.41) is 4.72. The van der Waals surface area contributed by atoms with Gasteiger partial charge in [-0.3, -0.25) is 4.79 Å². The Morgan fingerprint density at radius 3 is 2.71 bits per heavy atom. The van der Waals surface area contributed by atoms with Gasteiger partial charge in [0.2, 0.25) is 5.91 Å². The van der Waals surface area contributed by atoms with Gasteiger partial charge in [-0.15, -0.1) is 11.3 Å². The van der Waals surface area contributed by atoms with Crippen molar-refractivity contribution < 1.29 is 13.2 Å². The van der Waals surface area contributed by atoms with Crippen LogP contribution >= 0.6 is 11.3 Å². The monoisotopic (exact) mass is 324 g/mol. The molecular formula is C14H16N2O3S2. The van der Waals surface area contributed by atoms with Crippen LogP contribution in [0.5, 0.6) is 0 Å². The van der Waals surface area contributed by atoms with Gasteiger partial charge >= 0.3 is 0 Å². The highest BCUT2D eigenvalue weighted by molar-refractivity contribution is 7.90. The van der Waals surface area contributed by atoms with Gasteiger partial charge in [-0.1, -0.05) is 6.07 Å². The molecule has 2 aromatic heterocycles. The molecule has 21 heavy (non-hydrogen) atoms. The number of amides is 1. The number of aromatic nitrogens is 1. The van der Waals surface area contributed by atoms with E-state index in [0.29, 0.717) is 12.1 Å². The first kappa shape index (κ1) is 15.7. The van der Waals surface area contributed by atoms with Crippen LogP contribution in [0, 0.1) is 0 Å². The summed E-state index contributed by atoms with van der Waals surface area (Å²) in [7, 11) is -3.31. The third-order valence-electron chi connectivity index (χ3n) is 2.81. The molecule has 5 nitrogen and oxygen atoms in total. The van der Waals surface area contributed by atoms with Crippen LogP contribution in [0.2, 0.25) is 0 Å². The minimum atomic E-state index is -3.31. The van der Waals surface area contributed by atoms with E-state index in [1.54, 1.807) is 17.4 Å². The number of nitrogens with zero attached hydrogens (tertiary/aromatic N) is 1. The quantitative estimate of drug-likeness (QED) is 0.886. The van der Waals surface area contributed by atoms with Gasteiger partial charge in [0.05, 0.1) is 11.9 Å². The molecule has 0 unspecified atom stereocenters. The van der Waals surface area contributed by atoms with E-state index in [1.165, 1.54) is 17.1 Å². The normalized spacial score (nSPS) is 11.3. The van der Waals surface area contributed by atoms with E-state index in [4.69, 9.17) is 0 Å². The highest BCUT2D eigenvalue weighted by Crippen LogP contribution is 2.13. The summed E-state index contributed by atoms with van der Waals surface area (Å²) in [5.74, 6) is -0.0968. The lowest BCUT2D eigenvalue weighted by Crippen LogP contribution is -2.12. The van der Waals surface area contributed by atoms with Crippen molar-refractivity contribution in [2.45, 2.75) is 24.3 Å². The van der Waals surface area contributed by atoms with Crippen LogP contribution in [0.1, 0.15) is 17.7 Å². The minimum Gasteiger partial charge on any atom is -0.325 e. The fraction of sp³-hybridized carbons (Fsp3) is 0.286. The van der Waals surface area contributed by atoms with Crippen molar-refractivity contribution in [1.82, 2.24) is 4.98 Å². The maximum absolute atomic E-state index is 11.8. The van der Waals surface area contributed by atoms with E-state index in [9.17, 15) is 13.2 Å². The number of anilines is 1. The van der Waals surface area contributed by atoms with Crippen molar-refractivity contribution in [2.24, 2.45) is 0 Å². The van der Waals surface area contributed by atoms with Crippen molar-refractivity contribution in [1.29, 1.82) is 0 Å². The minimum absolute atomic E-state index is 0.00167. The standard InChI is InChI=1S/C14H16N2O3S2/c1-21(18,19)14-8-7-11(10-15-14)16-13(17)6-2-4-12-5-3-9-20-12/h3,5,7-10H,2,4,6H2,1H3,(H,16,17). The molecule has 0 fully saturated rings. The molecule has 1 amide bonds. The number of hydrogen-bond donors (Lipinski definition) is 1. The molecule has 0 bridgehead atoms. The summed E-state index contributed by atoms with van der Waals surface area (Å²) >= 11 is 1.68. The first-order chi connectivity index (χ1) is 9.95. The summed E-state index contributed by atoms with van der Waals surface area (Å²) in [5.41, 5.74) is 0.503. The van der Waals surface area contributed by atoms with Crippen LogP contribution in [0.15, 0.2) is 40.9 Å². The van der Waals surface area contributed by atoms with Gasteiger partial charge in [0.25, 0.3) is 0 Å². The van der Waals surface area contributed by atoms with Gasteiger partial charge in [-0.25, -0.2) is 13.4 Å². The lowest BCUT2D eigenvalue weighted by molar-refractivity contribution is -0.116. The zero-order valence-electron chi connectivity index (χ0n) is 11.6. The number of carbonyl (C=O) groups excluding carboxylic acids is 1. The van der Waals surface area contributed by atoms with Gasteiger partial charge < -0.3 is 5.32 Å². The molecule has 112 valence electrons. The first-order valence-corrected chi connectivity index (χ1v) is 9.20. The third-order valence-corrected chi connectivity index (χ3v) is 4.74. The Morgan fingerprint density at radius 1 is 1.33 bits per heavy atom. The van der Waals surface area contributed by atoms with Gasteiger partial charge in [0.1, 0.15) is 0 Å². The number of sulfone groups is 1. The number of thiophene rings is 1. The number of carbonyl (C=O) groups is 1. The van der Waals surface area contributed by atoms with Crippen LogP contribution in [-0.4, -0.2) is 25.6 Å². The molecule has 0 radical (unpaired) electrons. The van der Waals surface area contributed by atoms with Gasteiger partial charge in [0.15, 0.2) is 14.9 Å². The van der Waals surface area contributed by atoms with E-state index in [2.05, 4.69) is 16.4 Å². The second-order valence-corrected chi connectivity index (χ2v) is 7.63. The third kappa shape index (κ3) is 4.95. The lowest BCUT2D eigenvalue weighted by atomic mass is 10.2. The largest absolute Gasteiger partial charge is 0.325 e. The molecule has 0 aromatic carbocycles. The molecule has 0 saturated heterocycles. The van der Waals surface area contributed by atoms with Crippen LogP contribution in [-0.2, 0) is 21.1 Å². The summed E-state index contributed by atoms with van der Waals surface area (Å²) in [4.78, 5) is 16.9. The van der Waals surface area contributed by atoms with Crippen LogP contribution in [0.3, 0.4) is 0 Å². The Balaban J connectivity index is 1.82. The van der Waals surface area contributed by atoms with Crippen LogP contribution < -0.4 is 5.32 Å². The Kier molecular flexibility index (Phi) is 5.08. The number of nitrogens with one attached hydrogen (secondary N) is 1. The number of aryl methyl sites for hydroxylation is 1. The average Bonchev–Trinajstić information content (AvgIpc) is 2.91. The molecule has 0 aliphatic carbocycles. The van der Waals surface area contributed by atoms with Gasteiger partial charge in [0, 0.05) is 17.6 Å². The fourth-order valence-electron chi connectivity index (χ4n) is 1.78. The predicted octanol–water partition coefficient (Wildman–Crippen LogP) is 2.51.